The summed E-state index contributed by atoms with van der Waals surface area (Å²) in [6, 6.07) is 17.6. The average molecular weight is 374 g/mol. The maximum Gasteiger partial charge on any atom is 0.253 e. The van der Waals surface area contributed by atoms with Gasteiger partial charge in [0, 0.05) is 22.7 Å². The number of aromatic nitrogens is 1. The van der Waals surface area contributed by atoms with Crippen LogP contribution in [0.4, 0.5) is 5.69 Å². The van der Waals surface area contributed by atoms with Gasteiger partial charge in [0.2, 0.25) is 5.91 Å². The van der Waals surface area contributed by atoms with Crippen LogP contribution in [0.3, 0.4) is 0 Å². The molecule has 1 heterocycles. The fourth-order valence-corrected chi connectivity index (χ4v) is 4.07. The molecule has 0 unspecified atom stereocenters. The van der Waals surface area contributed by atoms with Crippen LogP contribution in [-0.2, 0) is 11.3 Å². The van der Waals surface area contributed by atoms with Crippen LogP contribution < -0.4 is 10.5 Å². The SMILES string of the molecule is Cc1ccc(N(Cc2cc3ccccc3[nH]c2=O)C(=O)C2CCCCC2)cc1. The number of nitrogens with one attached hydrogen (secondary N) is 1. The molecule has 144 valence electrons. The number of anilines is 1. The van der Waals surface area contributed by atoms with Gasteiger partial charge in [0.05, 0.1) is 6.54 Å². The zero-order valence-corrected chi connectivity index (χ0v) is 16.3. The number of fused-ring (bicyclic) bond motifs is 1. The number of carbonyl (C=O) groups is 1. The maximum absolute atomic E-state index is 13.4. The number of aromatic amines is 1. The third kappa shape index (κ3) is 3.86. The first kappa shape index (κ1) is 18.5. The van der Waals surface area contributed by atoms with Crippen LogP contribution >= 0.6 is 0 Å². The highest BCUT2D eigenvalue weighted by molar-refractivity contribution is 5.95. The Labute approximate surface area is 165 Å². The van der Waals surface area contributed by atoms with Crippen LogP contribution in [0.25, 0.3) is 10.9 Å². The minimum absolute atomic E-state index is 0.0505. The minimum atomic E-state index is -0.132. The summed E-state index contributed by atoms with van der Waals surface area (Å²) in [5.74, 6) is 0.186. The number of nitrogens with zero attached hydrogens (tertiary/aromatic N) is 1. The number of carbonyl (C=O) groups excluding carboxylic acids is 1. The van der Waals surface area contributed by atoms with E-state index in [0.717, 1.165) is 47.8 Å². The number of amides is 1. The van der Waals surface area contributed by atoms with E-state index in [0.29, 0.717) is 12.1 Å². The number of hydrogen-bond donors (Lipinski definition) is 1. The monoisotopic (exact) mass is 374 g/mol. The summed E-state index contributed by atoms with van der Waals surface area (Å²) in [4.78, 5) is 30.8. The molecular formula is C24H26N2O2. The molecular weight excluding hydrogens is 348 g/mol. The van der Waals surface area contributed by atoms with Gasteiger partial charge in [0.1, 0.15) is 0 Å². The Kier molecular flexibility index (Phi) is 5.29. The number of pyridine rings is 1. The highest BCUT2D eigenvalue weighted by Gasteiger charge is 2.27. The molecule has 0 radical (unpaired) electrons. The molecule has 1 aliphatic carbocycles. The van der Waals surface area contributed by atoms with Crippen LogP contribution in [0, 0.1) is 12.8 Å². The van der Waals surface area contributed by atoms with Crippen molar-refractivity contribution >= 4 is 22.5 Å². The van der Waals surface area contributed by atoms with Gasteiger partial charge in [-0.25, -0.2) is 0 Å². The molecule has 1 fully saturated rings. The van der Waals surface area contributed by atoms with Crippen LogP contribution in [0.5, 0.6) is 0 Å². The molecule has 0 saturated heterocycles. The van der Waals surface area contributed by atoms with Crippen molar-refractivity contribution < 1.29 is 4.79 Å². The number of benzene rings is 2. The van der Waals surface area contributed by atoms with Crippen LogP contribution in [0.15, 0.2) is 59.4 Å². The van der Waals surface area contributed by atoms with E-state index in [-0.39, 0.29) is 17.4 Å². The predicted octanol–water partition coefficient (Wildman–Crippen LogP) is 4.95. The highest BCUT2D eigenvalue weighted by Crippen LogP contribution is 2.28. The molecule has 0 bridgehead atoms. The van der Waals surface area contributed by atoms with Crippen molar-refractivity contribution in [2.24, 2.45) is 5.92 Å². The molecule has 1 N–H and O–H groups in total. The Morgan fingerprint density at radius 1 is 1.04 bits per heavy atom. The van der Waals surface area contributed by atoms with Crippen LogP contribution in [-0.4, -0.2) is 10.9 Å². The lowest BCUT2D eigenvalue weighted by Gasteiger charge is -2.29. The summed E-state index contributed by atoms with van der Waals surface area (Å²) in [5, 5.41) is 0.978. The van der Waals surface area contributed by atoms with Crippen molar-refractivity contribution in [1.82, 2.24) is 4.98 Å². The van der Waals surface area contributed by atoms with E-state index in [1.165, 1.54) is 6.42 Å². The van der Waals surface area contributed by atoms with Crippen molar-refractivity contribution in [2.75, 3.05) is 4.90 Å². The first-order chi connectivity index (χ1) is 13.6. The zero-order valence-electron chi connectivity index (χ0n) is 16.3. The van der Waals surface area contributed by atoms with Gasteiger partial charge in [-0.2, -0.15) is 0 Å². The normalized spacial score (nSPS) is 14.9. The molecule has 1 aromatic heterocycles. The van der Waals surface area contributed by atoms with Crippen molar-refractivity contribution in [1.29, 1.82) is 0 Å². The Bertz CT molecular complexity index is 1030. The Morgan fingerprint density at radius 3 is 2.50 bits per heavy atom. The fraction of sp³-hybridized carbons (Fsp3) is 0.333. The quantitative estimate of drug-likeness (QED) is 0.702. The second kappa shape index (κ2) is 8.01. The third-order valence-electron chi connectivity index (χ3n) is 5.72. The second-order valence-electron chi connectivity index (χ2n) is 7.81. The number of rotatable bonds is 4. The van der Waals surface area contributed by atoms with Crippen LogP contribution in [0.2, 0.25) is 0 Å². The molecule has 4 rings (SSSR count). The van der Waals surface area contributed by atoms with E-state index >= 15 is 0 Å². The molecule has 3 aromatic rings. The van der Waals surface area contributed by atoms with Gasteiger partial charge in [-0.15, -0.1) is 0 Å². The summed E-state index contributed by atoms with van der Waals surface area (Å²) >= 11 is 0. The molecule has 0 spiro atoms. The van der Waals surface area contributed by atoms with E-state index in [9.17, 15) is 9.59 Å². The molecule has 4 heteroatoms. The van der Waals surface area contributed by atoms with Crippen molar-refractivity contribution in [3.8, 4) is 0 Å². The van der Waals surface area contributed by atoms with Gasteiger partial charge in [-0.05, 0) is 49.4 Å². The Hall–Kier alpha value is -2.88. The van der Waals surface area contributed by atoms with Gasteiger partial charge in [-0.3, -0.25) is 9.59 Å². The number of H-pyrrole nitrogens is 1. The van der Waals surface area contributed by atoms with Crippen molar-refractivity contribution in [2.45, 2.75) is 45.6 Å². The van der Waals surface area contributed by atoms with Gasteiger partial charge in [0.15, 0.2) is 0 Å². The summed E-state index contributed by atoms with van der Waals surface area (Å²) < 4.78 is 0. The summed E-state index contributed by atoms with van der Waals surface area (Å²) in [6.07, 6.45) is 5.30. The van der Waals surface area contributed by atoms with E-state index in [2.05, 4.69) is 4.98 Å². The van der Waals surface area contributed by atoms with Crippen LogP contribution in [0.1, 0.15) is 43.2 Å². The van der Waals surface area contributed by atoms with Gasteiger partial charge in [-0.1, -0.05) is 55.2 Å². The summed E-state index contributed by atoms with van der Waals surface area (Å²) in [6.45, 7) is 2.32. The molecule has 4 nitrogen and oxygen atoms in total. The molecule has 1 amide bonds. The second-order valence-corrected chi connectivity index (χ2v) is 7.81. The summed E-state index contributed by atoms with van der Waals surface area (Å²) in [5.41, 5.74) is 3.30. The number of para-hydroxylation sites is 1. The molecule has 1 aliphatic rings. The topological polar surface area (TPSA) is 53.2 Å². The minimum Gasteiger partial charge on any atom is -0.322 e. The lowest BCUT2D eigenvalue weighted by molar-refractivity contribution is -0.123. The number of hydrogen-bond acceptors (Lipinski definition) is 2. The van der Waals surface area contributed by atoms with Gasteiger partial charge < -0.3 is 9.88 Å². The largest absolute Gasteiger partial charge is 0.322 e. The zero-order chi connectivity index (χ0) is 19.5. The maximum atomic E-state index is 13.4. The fourth-order valence-electron chi connectivity index (χ4n) is 4.07. The van der Waals surface area contributed by atoms with Crippen molar-refractivity contribution in [3.63, 3.8) is 0 Å². The molecule has 1 saturated carbocycles. The van der Waals surface area contributed by atoms with E-state index < -0.39 is 0 Å². The van der Waals surface area contributed by atoms with Gasteiger partial charge >= 0.3 is 0 Å². The predicted molar refractivity (Wildman–Crippen MR) is 114 cm³/mol. The molecule has 2 aromatic carbocycles. The lowest BCUT2D eigenvalue weighted by atomic mass is 9.88. The summed E-state index contributed by atoms with van der Waals surface area (Å²) in [7, 11) is 0. The molecule has 0 atom stereocenters. The van der Waals surface area contributed by atoms with E-state index in [4.69, 9.17) is 0 Å². The third-order valence-corrected chi connectivity index (χ3v) is 5.72. The first-order valence-corrected chi connectivity index (χ1v) is 10.1. The average Bonchev–Trinajstić information content (AvgIpc) is 2.73. The van der Waals surface area contributed by atoms with Gasteiger partial charge in [0.25, 0.3) is 5.56 Å². The standard InChI is InChI=1S/C24H26N2O2/c1-17-11-13-21(14-12-17)26(24(28)18-7-3-2-4-8-18)16-20-15-19-9-5-6-10-22(19)25-23(20)27/h5-6,9-15,18H,2-4,7-8,16H2,1H3,(H,25,27). The first-order valence-electron chi connectivity index (χ1n) is 10.1. The number of aryl methyl sites for hydroxylation is 1. The molecule has 0 aliphatic heterocycles. The van der Waals surface area contributed by atoms with Crippen molar-refractivity contribution in [3.05, 3.63) is 76.1 Å². The lowest BCUT2D eigenvalue weighted by Crippen LogP contribution is -2.38. The Balaban J connectivity index is 1.71. The van der Waals surface area contributed by atoms with E-state index in [1.807, 2.05) is 61.5 Å². The highest BCUT2D eigenvalue weighted by atomic mass is 16.2. The van der Waals surface area contributed by atoms with E-state index in [1.54, 1.807) is 4.90 Å². The smallest absolute Gasteiger partial charge is 0.253 e. The Morgan fingerprint density at radius 2 is 1.75 bits per heavy atom. The molecule has 28 heavy (non-hydrogen) atoms.